The smallest absolute Gasteiger partial charge is 0.167 e. The molecule has 0 spiro atoms. The van der Waals surface area contributed by atoms with Crippen LogP contribution in [0.25, 0.3) is 0 Å². The van der Waals surface area contributed by atoms with E-state index < -0.39 is 11.6 Å². The average molecular weight is 247 g/mol. The van der Waals surface area contributed by atoms with Crippen molar-refractivity contribution in [1.29, 1.82) is 0 Å². The largest absolute Gasteiger partial charge is 0.294 e. The molecule has 1 aromatic heterocycles. The first kappa shape index (κ1) is 12.4. The molecule has 1 heterocycles. The van der Waals surface area contributed by atoms with Crippen LogP contribution in [0.4, 0.5) is 8.78 Å². The number of rotatable bonds is 3. The second kappa shape index (κ2) is 5.04. The fourth-order valence-corrected chi connectivity index (χ4v) is 1.73. The highest BCUT2D eigenvalue weighted by molar-refractivity contribution is 5.98. The zero-order valence-corrected chi connectivity index (χ0v) is 9.78. The minimum atomic E-state index is -0.573. The van der Waals surface area contributed by atoms with Gasteiger partial charge in [0.2, 0.25) is 0 Å². The fourth-order valence-electron chi connectivity index (χ4n) is 1.73. The van der Waals surface area contributed by atoms with Gasteiger partial charge >= 0.3 is 0 Å². The molecule has 1 aromatic carbocycles. The molecule has 0 unspecified atom stereocenters. The van der Waals surface area contributed by atoms with Gasteiger partial charge in [-0.05, 0) is 42.3 Å². The third kappa shape index (κ3) is 2.59. The summed E-state index contributed by atoms with van der Waals surface area (Å²) in [6.07, 6.45) is 2.91. The molecule has 0 aliphatic rings. The maximum Gasteiger partial charge on any atom is 0.167 e. The number of aryl methyl sites for hydroxylation is 1. The zero-order chi connectivity index (χ0) is 13.1. The van der Waals surface area contributed by atoms with E-state index in [4.69, 9.17) is 0 Å². The Morgan fingerprint density at radius 2 is 2.06 bits per heavy atom. The van der Waals surface area contributed by atoms with Crippen molar-refractivity contribution in [2.24, 2.45) is 0 Å². The minimum Gasteiger partial charge on any atom is -0.294 e. The summed E-state index contributed by atoms with van der Waals surface area (Å²) in [6, 6.07) is 4.68. The van der Waals surface area contributed by atoms with E-state index in [0.29, 0.717) is 5.56 Å². The molecular formula is C14H11F2NO. The van der Waals surface area contributed by atoms with Gasteiger partial charge in [0.1, 0.15) is 11.6 Å². The molecule has 2 nitrogen and oxygen atoms in total. The van der Waals surface area contributed by atoms with Gasteiger partial charge in [-0.1, -0.05) is 0 Å². The number of aromatic nitrogens is 1. The lowest BCUT2D eigenvalue weighted by Gasteiger charge is -2.05. The highest BCUT2D eigenvalue weighted by Gasteiger charge is 2.13. The highest BCUT2D eigenvalue weighted by Crippen LogP contribution is 2.14. The van der Waals surface area contributed by atoms with Gasteiger partial charge in [-0.15, -0.1) is 0 Å². The number of nitrogens with zero attached hydrogens (tertiary/aromatic N) is 1. The Bertz CT molecular complexity index is 596. The van der Waals surface area contributed by atoms with E-state index in [1.165, 1.54) is 6.20 Å². The van der Waals surface area contributed by atoms with E-state index in [0.717, 1.165) is 23.8 Å². The van der Waals surface area contributed by atoms with Gasteiger partial charge in [0.05, 0.1) is 0 Å². The molecule has 0 saturated carbocycles. The van der Waals surface area contributed by atoms with Crippen LogP contribution in [-0.2, 0) is 6.42 Å². The number of Topliss-reactive ketones (excluding diaryl/α,β-unsaturated/α-hetero) is 1. The summed E-state index contributed by atoms with van der Waals surface area (Å²) in [5, 5.41) is 0. The van der Waals surface area contributed by atoms with Crippen LogP contribution in [0, 0.1) is 18.6 Å². The van der Waals surface area contributed by atoms with Gasteiger partial charge in [0.25, 0.3) is 0 Å². The van der Waals surface area contributed by atoms with Crippen LogP contribution in [0.3, 0.4) is 0 Å². The van der Waals surface area contributed by atoms with Crippen LogP contribution < -0.4 is 0 Å². The molecule has 2 aromatic rings. The Hall–Kier alpha value is -2.10. The third-order valence-electron chi connectivity index (χ3n) is 2.68. The van der Waals surface area contributed by atoms with Crippen molar-refractivity contribution >= 4 is 5.78 Å². The van der Waals surface area contributed by atoms with Crippen LogP contribution in [0.1, 0.15) is 21.5 Å². The maximum absolute atomic E-state index is 13.4. The summed E-state index contributed by atoms with van der Waals surface area (Å²) in [5.41, 5.74) is 1.27. The molecule has 0 fully saturated rings. The lowest BCUT2D eigenvalue weighted by atomic mass is 10.0. The van der Waals surface area contributed by atoms with Crippen LogP contribution in [0.2, 0.25) is 0 Å². The number of pyridine rings is 1. The van der Waals surface area contributed by atoms with Gasteiger partial charge < -0.3 is 0 Å². The third-order valence-corrected chi connectivity index (χ3v) is 2.68. The number of carbonyl (C=O) groups excluding carboxylic acids is 1. The van der Waals surface area contributed by atoms with Crippen LogP contribution in [0.15, 0.2) is 36.7 Å². The van der Waals surface area contributed by atoms with E-state index in [2.05, 4.69) is 4.98 Å². The van der Waals surface area contributed by atoms with Gasteiger partial charge in [-0.2, -0.15) is 0 Å². The number of halogens is 2. The molecule has 92 valence electrons. The minimum absolute atomic E-state index is 0.0659. The standard InChI is InChI=1S/C14H11F2NO/c1-9-8-17-5-4-12(9)14(18)7-10-6-11(15)2-3-13(10)16/h2-6,8H,7H2,1H3. The van der Waals surface area contributed by atoms with Gasteiger partial charge in [0, 0.05) is 24.4 Å². The molecule has 0 aliphatic carbocycles. The van der Waals surface area contributed by atoms with Crippen molar-refractivity contribution in [2.75, 3.05) is 0 Å². The lowest BCUT2D eigenvalue weighted by Crippen LogP contribution is -2.07. The van der Waals surface area contributed by atoms with E-state index >= 15 is 0 Å². The average Bonchev–Trinajstić information content (AvgIpc) is 2.34. The molecule has 0 bridgehead atoms. The second-order valence-electron chi connectivity index (χ2n) is 4.03. The van der Waals surface area contributed by atoms with Crippen molar-refractivity contribution in [1.82, 2.24) is 4.98 Å². The molecular weight excluding hydrogens is 236 g/mol. The summed E-state index contributed by atoms with van der Waals surface area (Å²) >= 11 is 0. The quantitative estimate of drug-likeness (QED) is 0.780. The normalized spacial score (nSPS) is 10.4. The summed E-state index contributed by atoms with van der Waals surface area (Å²) in [7, 11) is 0. The molecule has 0 saturated heterocycles. The Labute approximate surface area is 103 Å². The van der Waals surface area contributed by atoms with Crippen molar-refractivity contribution in [3.63, 3.8) is 0 Å². The molecule has 0 aliphatic heterocycles. The highest BCUT2D eigenvalue weighted by atomic mass is 19.1. The fraction of sp³-hybridized carbons (Fsp3) is 0.143. The maximum atomic E-state index is 13.4. The number of hydrogen-bond acceptors (Lipinski definition) is 2. The molecule has 0 atom stereocenters. The van der Waals surface area contributed by atoms with Crippen molar-refractivity contribution < 1.29 is 13.6 Å². The summed E-state index contributed by atoms with van der Waals surface area (Å²) in [6.45, 7) is 1.75. The number of carbonyl (C=O) groups is 1. The monoisotopic (exact) mass is 247 g/mol. The SMILES string of the molecule is Cc1cnccc1C(=O)Cc1cc(F)ccc1F. The van der Waals surface area contributed by atoms with Crippen LogP contribution in [-0.4, -0.2) is 10.8 Å². The van der Waals surface area contributed by atoms with E-state index in [1.54, 1.807) is 19.2 Å². The summed E-state index contributed by atoms with van der Waals surface area (Å²) < 4.78 is 26.4. The second-order valence-corrected chi connectivity index (χ2v) is 4.03. The molecule has 4 heteroatoms. The number of benzene rings is 1. The van der Waals surface area contributed by atoms with E-state index in [-0.39, 0.29) is 17.8 Å². The Morgan fingerprint density at radius 1 is 1.28 bits per heavy atom. The molecule has 0 radical (unpaired) electrons. The van der Waals surface area contributed by atoms with Crippen LogP contribution >= 0.6 is 0 Å². The zero-order valence-electron chi connectivity index (χ0n) is 9.78. The van der Waals surface area contributed by atoms with Gasteiger partial charge in [-0.25, -0.2) is 8.78 Å². The predicted molar refractivity (Wildman–Crippen MR) is 63.4 cm³/mol. The van der Waals surface area contributed by atoms with Crippen LogP contribution in [0.5, 0.6) is 0 Å². The van der Waals surface area contributed by atoms with Crippen molar-refractivity contribution in [2.45, 2.75) is 13.3 Å². The summed E-state index contributed by atoms with van der Waals surface area (Å²) in [5.74, 6) is -1.37. The first-order valence-corrected chi connectivity index (χ1v) is 5.45. The molecule has 0 N–H and O–H groups in total. The van der Waals surface area contributed by atoms with Crippen molar-refractivity contribution in [3.05, 3.63) is 65.0 Å². The molecule has 0 amide bonds. The number of ketones is 1. The van der Waals surface area contributed by atoms with Crippen molar-refractivity contribution in [3.8, 4) is 0 Å². The number of hydrogen-bond donors (Lipinski definition) is 0. The van der Waals surface area contributed by atoms with E-state index in [1.807, 2.05) is 0 Å². The summed E-state index contributed by atoms with van der Waals surface area (Å²) in [4.78, 5) is 15.9. The van der Waals surface area contributed by atoms with Gasteiger partial charge in [0.15, 0.2) is 5.78 Å². The lowest BCUT2D eigenvalue weighted by molar-refractivity contribution is 0.0991. The molecule has 2 rings (SSSR count). The Morgan fingerprint density at radius 3 is 2.78 bits per heavy atom. The Kier molecular flexibility index (Phi) is 3.46. The first-order chi connectivity index (χ1) is 8.58. The molecule has 18 heavy (non-hydrogen) atoms. The van der Waals surface area contributed by atoms with Gasteiger partial charge in [-0.3, -0.25) is 9.78 Å². The predicted octanol–water partition coefficient (Wildman–Crippen LogP) is 3.09. The Balaban J connectivity index is 2.27. The first-order valence-electron chi connectivity index (χ1n) is 5.45. The van der Waals surface area contributed by atoms with E-state index in [9.17, 15) is 13.6 Å². The topological polar surface area (TPSA) is 30.0 Å².